The topological polar surface area (TPSA) is 0 Å². The summed E-state index contributed by atoms with van der Waals surface area (Å²) in [5.41, 5.74) is 0. The first kappa shape index (κ1) is 23.0. The molecule has 0 aromatic carbocycles. The molecule has 0 aliphatic rings. The van der Waals surface area contributed by atoms with Crippen molar-refractivity contribution in [3.8, 4) is 0 Å². The molecule has 0 N–H and O–H groups in total. The van der Waals surface area contributed by atoms with E-state index in [1.807, 2.05) is 0 Å². The Labute approximate surface area is 149 Å². The van der Waals surface area contributed by atoms with Gasteiger partial charge in [0, 0.05) is 0 Å². The van der Waals surface area contributed by atoms with Crippen LogP contribution in [0.15, 0.2) is 0 Å². The Hall–Kier alpha value is 0. The molecule has 23 heavy (non-hydrogen) atoms. The molecule has 0 spiro atoms. The third-order valence-electron chi connectivity index (χ3n) is 5.34. The monoisotopic (exact) mass is 323 g/mol. The first-order valence-electron chi connectivity index (χ1n) is 11.1. The molecule has 0 bridgehead atoms. The standard InChI is InChI=1S/C23H47/c1-4-7-9-11-13-15-17-19-21-23(6-3)22-20-18-16-14-12-10-8-5-2/h23H,3-22H2,1-2H3. The summed E-state index contributed by atoms with van der Waals surface area (Å²) in [5.74, 6) is 0.912. The van der Waals surface area contributed by atoms with Gasteiger partial charge in [-0.15, -0.1) is 0 Å². The molecule has 0 heterocycles. The van der Waals surface area contributed by atoms with Crippen LogP contribution in [0.5, 0.6) is 0 Å². The van der Waals surface area contributed by atoms with Crippen LogP contribution in [0.25, 0.3) is 0 Å². The maximum Gasteiger partial charge on any atom is -0.0414 e. The first-order valence-corrected chi connectivity index (χ1v) is 11.1. The van der Waals surface area contributed by atoms with Crippen molar-refractivity contribution < 1.29 is 0 Å². The second kappa shape index (κ2) is 20.0. The number of rotatable bonds is 19. The van der Waals surface area contributed by atoms with Crippen LogP contribution in [0.3, 0.4) is 0 Å². The lowest BCUT2D eigenvalue weighted by Crippen LogP contribution is -1.99. The fraction of sp³-hybridized carbons (Fsp3) is 0.957. The van der Waals surface area contributed by atoms with Crippen molar-refractivity contribution in [2.45, 2.75) is 136 Å². The number of unbranched alkanes of at least 4 members (excludes halogenated alkanes) is 14. The van der Waals surface area contributed by atoms with Gasteiger partial charge in [-0.3, -0.25) is 0 Å². The minimum absolute atomic E-state index is 0.912. The molecule has 0 fully saturated rings. The van der Waals surface area contributed by atoms with Crippen molar-refractivity contribution in [1.29, 1.82) is 0 Å². The van der Waals surface area contributed by atoms with E-state index in [9.17, 15) is 0 Å². The molecular weight excluding hydrogens is 276 g/mol. The largest absolute Gasteiger partial charge is 0.0654 e. The van der Waals surface area contributed by atoms with Gasteiger partial charge in [0.2, 0.25) is 0 Å². The molecule has 0 unspecified atom stereocenters. The van der Waals surface area contributed by atoms with E-state index in [0.29, 0.717) is 0 Å². The smallest absolute Gasteiger partial charge is 0.0414 e. The zero-order valence-electron chi connectivity index (χ0n) is 16.7. The quantitative estimate of drug-likeness (QED) is 0.208. The van der Waals surface area contributed by atoms with Crippen molar-refractivity contribution in [2.24, 2.45) is 5.92 Å². The molecular formula is C23H47. The predicted molar refractivity (Wildman–Crippen MR) is 108 cm³/mol. The van der Waals surface area contributed by atoms with E-state index in [1.165, 1.54) is 116 Å². The normalized spacial score (nSPS) is 11.5. The maximum atomic E-state index is 4.18. The summed E-state index contributed by atoms with van der Waals surface area (Å²) in [6.45, 7) is 8.78. The van der Waals surface area contributed by atoms with Crippen LogP contribution in [-0.4, -0.2) is 0 Å². The third kappa shape index (κ3) is 18.2. The van der Waals surface area contributed by atoms with Crippen LogP contribution < -0.4 is 0 Å². The van der Waals surface area contributed by atoms with E-state index in [2.05, 4.69) is 20.8 Å². The number of hydrogen-bond donors (Lipinski definition) is 0. The summed E-state index contributed by atoms with van der Waals surface area (Å²) in [4.78, 5) is 0. The molecule has 0 rings (SSSR count). The Balaban J connectivity index is 3.29. The Morgan fingerprint density at radius 1 is 0.478 bits per heavy atom. The first-order chi connectivity index (χ1) is 11.3. The van der Waals surface area contributed by atoms with Crippen LogP contribution in [0.1, 0.15) is 136 Å². The molecule has 0 saturated heterocycles. The lowest BCUT2D eigenvalue weighted by atomic mass is 9.92. The molecule has 139 valence electrons. The highest BCUT2D eigenvalue weighted by molar-refractivity contribution is 4.62. The van der Waals surface area contributed by atoms with Gasteiger partial charge in [0.15, 0.2) is 0 Å². The molecule has 0 aliphatic heterocycles. The van der Waals surface area contributed by atoms with Crippen LogP contribution in [0, 0.1) is 12.8 Å². The SMILES string of the molecule is [CH2]CC(CCCCCCCCCC)CCCCCCCCCC. The van der Waals surface area contributed by atoms with Crippen LogP contribution in [0.2, 0.25) is 0 Å². The van der Waals surface area contributed by atoms with Gasteiger partial charge < -0.3 is 0 Å². The van der Waals surface area contributed by atoms with Crippen molar-refractivity contribution in [2.75, 3.05) is 0 Å². The van der Waals surface area contributed by atoms with Crippen molar-refractivity contribution in [3.63, 3.8) is 0 Å². The van der Waals surface area contributed by atoms with Gasteiger partial charge in [-0.1, -0.05) is 143 Å². The van der Waals surface area contributed by atoms with E-state index in [-0.39, 0.29) is 0 Å². The van der Waals surface area contributed by atoms with Gasteiger partial charge in [-0.2, -0.15) is 0 Å². The summed E-state index contributed by atoms with van der Waals surface area (Å²) in [7, 11) is 0. The Kier molecular flexibility index (Phi) is 20.0. The molecule has 0 aromatic rings. The van der Waals surface area contributed by atoms with Crippen LogP contribution in [0.4, 0.5) is 0 Å². The minimum Gasteiger partial charge on any atom is -0.0654 e. The second-order valence-corrected chi connectivity index (χ2v) is 7.68. The molecule has 0 nitrogen and oxygen atoms in total. The zero-order valence-corrected chi connectivity index (χ0v) is 16.7. The van der Waals surface area contributed by atoms with Gasteiger partial charge in [0.05, 0.1) is 0 Å². The predicted octanol–water partition coefficient (Wildman–Crippen LogP) is 8.89. The van der Waals surface area contributed by atoms with E-state index < -0.39 is 0 Å². The summed E-state index contributed by atoms with van der Waals surface area (Å²) in [5, 5.41) is 0. The lowest BCUT2D eigenvalue weighted by molar-refractivity contribution is 0.404. The molecule has 0 saturated carbocycles. The molecule has 0 amide bonds. The van der Waals surface area contributed by atoms with E-state index in [4.69, 9.17) is 0 Å². The van der Waals surface area contributed by atoms with Gasteiger partial charge in [0.25, 0.3) is 0 Å². The molecule has 0 aromatic heterocycles. The highest BCUT2D eigenvalue weighted by atomic mass is 14.1. The average molecular weight is 324 g/mol. The van der Waals surface area contributed by atoms with E-state index >= 15 is 0 Å². The molecule has 0 aliphatic carbocycles. The Morgan fingerprint density at radius 3 is 1.09 bits per heavy atom. The molecule has 0 heteroatoms. The minimum atomic E-state index is 0.912. The highest BCUT2D eigenvalue weighted by Crippen LogP contribution is 2.21. The van der Waals surface area contributed by atoms with Gasteiger partial charge >= 0.3 is 0 Å². The summed E-state index contributed by atoms with van der Waals surface area (Å²) in [6, 6.07) is 0. The van der Waals surface area contributed by atoms with Gasteiger partial charge in [-0.05, 0) is 5.92 Å². The van der Waals surface area contributed by atoms with Crippen LogP contribution in [-0.2, 0) is 0 Å². The third-order valence-corrected chi connectivity index (χ3v) is 5.34. The zero-order chi connectivity index (χ0) is 17.0. The fourth-order valence-corrected chi connectivity index (χ4v) is 3.57. The summed E-state index contributed by atoms with van der Waals surface area (Å²) >= 11 is 0. The Morgan fingerprint density at radius 2 is 0.783 bits per heavy atom. The summed E-state index contributed by atoms with van der Waals surface area (Å²) in [6.07, 6.45) is 27.1. The van der Waals surface area contributed by atoms with Crippen molar-refractivity contribution in [3.05, 3.63) is 6.92 Å². The van der Waals surface area contributed by atoms with Crippen LogP contribution >= 0.6 is 0 Å². The fourth-order valence-electron chi connectivity index (χ4n) is 3.57. The van der Waals surface area contributed by atoms with Crippen molar-refractivity contribution in [1.82, 2.24) is 0 Å². The van der Waals surface area contributed by atoms with E-state index in [0.717, 1.165) is 12.3 Å². The number of hydrogen-bond acceptors (Lipinski definition) is 0. The van der Waals surface area contributed by atoms with Gasteiger partial charge in [-0.25, -0.2) is 0 Å². The second-order valence-electron chi connectivity index (χ2n) is 7.68. The highest BCUT2D eigenvalue weighted by Gasteiger charge is 2.05. The lowest BCUT2D eigenvalue weighted by Gasteiger charge is -2.14. The molecule has 1 radical (unpaired) electrons. The van der Waals surface area contributed by atoms with Crippen molar-refractivity contribution >= 4 is 0 Å². The average Bonchev–Trinajstić information content (AvgIpc) is 2.57. The van der Waals surface area contributed by atoms with E-state index in [1.54, 1.807) is 0 Å². The Bertz CT molecular complexity index is 176. The maximum absolute atomic E-state index is 4.18. The molecule has 0 atom stereocenters. The summed E-state index contributed by atoms with van der Waals surface area (Å²) < 4.78 is 0. The van der Waals surface area contributed by atoms with Gasteiger partial charge in [0.1, 0.15) is 0 Å².